The van der Waals surface area contributed by atoms with Gasteiger partial charge in [0, 0.05) is 18.4 Å². The molecule has 0 saturated heterocycles. The molecule has 0 fully saturated rings. The predicted octanol–water partition coefficient (Wildman–Crippen LogP) is 2.76. The van der Waals surface area contributed by atoms with Crippen LogP contribution >= 0.6 is 24.8 Å². The molecule has 0 spiro atoms. The van der Waals surface area contributed by atoms with E-state index in [0.29, 0.717) is 0 Å². The molecule has 1 aromatic heterocycles. The van der Waals surface area contributed by atoms with Gasteiger partial charge < -0.3 is 5.73 Å². The van der Waals surface area contributed by atoms with Gasteiger partial charge in [0.1, 0.15) is 0 Å². The van der Waals surface area contributed by atoms with Crippen LogP contribution in [-0.4, -0.2) is 11.0 Å². The van der Waals surface area contributed by atoms with Crippen molar-refractivity contribution in [1.29, 1.82) is 0 Å². The van der Waals surface area contributed by atoms with Crippen molar-refractivity contribution in [2.24, 2.45) is 5.73 Å². The smallest absolute Gasteiger partial charge is 0.0300 e. The van der Waals surface area contributed by atoms with Crippen LogP contribution in [-0.2, 0) is 6.42 Å². The second-order valence-corrected chi connectivity index (χ2v) is 3.49. The van der Waals surface area contributed by atoms with Crippen molar-refractivity contribution in [3.05, 3.63) is 42.2 Å². The minimum absolute atomic E-state index is 0. The molecule has 0 bridgehead atoms. The summed E-state index contributed by atoms with van der Waals surface area (Å²) in [5.74, 6) is 0. The van der Waals surface area contributed by atoms with Crippen molar-refractivity contribution in [3.63, 3.8) is 0 Å². The lowest BCUT2D eigenvalue weighted by atomic mass is 10.0. The second kappa shape index (κ2) is 8.72. The maximum atomic E-state index is 5.92. The number of nitrogens with two attached hydrogens (primary N) is 1. The maximum absolute atomic E-state index is 5.92. The molecule has 1 aromatic rings. The van der Waals surface area contributed by atoms with E-state index in [0.717, 1.165) is 18.4 Å². The summed E-state index contributed by atoms with van der Waals surface area (Å²) in [6, 6.07) is 4.15. The summed E-state index contributed by atoms with van der Waals surface area (Å²) in [5, 5.41) is 0. The van der Waals surface area contributed by atoms with Crippen molar-refractivity contribution < 1.29 is 0 Å². The molecule has 86 valence electrons. The summed E-state index contributed by atoms with van der Waals surface area (Å²) in [5.41, 5.74) is 8.24. The van der Waals surface area contributed by atoms with Crippen LogP contribution < -0.4 is 5.73 Å². The fourth-order valence-electron chi connectivity index (χ4n) is 1.34. The average Bonchev–Trinajstić information content (AvgIpc) is 2.04. The Balaban J connectivity index is 0. The van der Waals surface area contributed by atoms with Gasteiger partial charge >= 0.3 is 0 Å². The van der Waals surface area contributed by atoms with E-state index in [1.807, 2.05) is 25.3 Å². The van der Waals surface area contributed by atoms with Gasteiger partial charge in [-0.05, 0) is 31.4 Å². The molecule has 0 aliphatic carbocycles. The van der Waals surface area contributed by atoms with Gasteiger partial charge in [0.15, 0.2) is 0 Å². The number of aromatic nitrogens is 1. The van der Waals surface area contributed by atoms with Crippen molar-refractivity contribution in [2.45, 2.75) is 25.8 Å². The molecule has 15 heavy (non-hydrogen) atoms. The van der Waals surface area contributed by atoms with Crippen molar-refractivity contribution >= 4 is 24.8 Å². The molecular weight excluding hydrogens is 231 g/mol. The molecule has 0 aromatic carbocycles. The topological polar surface area (TPSA) is 38.9 Å². The third kappa shape index (κ3) is 7.37. The minimum Gasteiger partial charge on any atom is -0.327 e. The van der Waals surface area contributed by atoms with Gasteiger partial charge in [0.2, 0.25) is 0 Å². The van der Waals surface area contributed by atoms with Gasteiger partial charge in [-0.1, -0.05) is 11.6 Å². The molecule has 0 aliphatic heterocycles. The van der Waals surface area contributed by atoms with Gasteiger partial charge in [0.05, 0.1) is 0 Å². The first kappa shape index (κ1) is 16.8. The van der Waals surface area contributed by atoms with Crippen LogP contribution in [0.1, 0.15) is 18.9 Å². The molecule has 1 unspecified atom stereocenters. The molecule has 0 aliphatic rings. The first-order valence-corrected chi connectivity index (χ1v) is 4.47. The lowest BCUT2D eigenvalue weighted by Gasteiger charge is -2.10. The third-order valence-electron chi connectivity index (χ3n) is 1.83. The molecule has 0 amide bonds. The van der Waals surface area contributed by atoms with Crippen LogP contribution in [0, 0.1) is 0 Å². The molecule has 1 rings (SSSR count). The molecule has 0 radical (unpaired) electrons. The standard InChI is InChI=1S/C11H16N2.2ClH/c1-9(2)6-11(12)7-10-4-3-5-13-8-10;;/h3-5,8,11H,1,6-7,12H2,2H3;2*1H. The van der Waals surface area contributed by atoms with Crippen molar-refractivity contribution in [2.75, 3.05) is 0 Å². The van der Waals surface area contributed by atoms with E-state index < -0.39 is 0 Å². The highest BCUT2D eigenvalue weighted by molar-refractivity contribution is 5.85. The van der Waals surface area contributed by atoms with Crippen LogP contribution in [0.15, 0.2) is 36.7 Å². The minimum atomic E-state index is 0. The van der Waals surface area contributed by atoms with Crippen molar-refractivity contribution in [1.82, 2.24) is 4.98 Å². The highest BCUT2D eigenvalue weighted by atomic mass is 35.5. The summed E-state index contributed by atoms with van der Waals surface area (Å²) in [6.45, 7) is 5.84. The number of nitrogens with zero attached hydrogens (tertiary/aromatic N) is 1. The number of rotatable bonds is 4. The van der Waals surface area contributed by atoms with Crippen molar-refractivity contribution in [3.8, 4) is 0 Å². The quantitative estimate of drug-likeness (QED) is 0.833. The lowest BCUT2D eigenvalue weighted by molar-refractivity contribution is 0.660. The first-order chi connectivity index (χ1) is 6.18. The Hall–Kier alpha value is -0.570. The maximum Gasteiger partial charge on any atom is 0.0300 e. The molecule has 4 heteroatoms. The van der Waals surface area contributed by atoms with E-state index in [2.05, 4.69) is 11.6 Å². The fraction of sp³-hybridized carbons (Fsp3) is 0.364. The third-order valence-corrected chi connectivity index (χ3v) is 1.83. The fourth-order valence-corrected chi connectivity index (χ4v) is 1.34. The van der Waals surface area contributed by atoms with Gasteiger partial charge in [-0.25, -0.2) is 0 Å². The SMILES string of the molecule is C=C(C)CC(N)Cc1cccnc1.Cl.Cl. The summed E-state index contributed by atoms with van der Waals surface area (Å²) in [7, 11) is 0. The highest BCUT2D eigenvalue weighted by Crippen LogP contribution is 2.06. The lowest BCUT2D eigenvalue weighted by Crippen LogP contribution is -2.22. The van der Waals surface area contributed by atoms with Gasteiger partial charge in [0.25, 0.3) is 0 Å². The van der Waals surface area contributed by atoms with E-state index in [9.17, 15) is 0 Å². The van der Waals surface area contributed by atoms with E-state index in [4.69, 9.17) is 5.73 Å². The molecule has 1 atom stereocenters. The van der Waals surface area contributed by atoms with E-state index in [1.165, 1.54) is 5.56 Å². The Morgan fingerprint density at radius 2 is 2.20 bits per heavy atom. The largest absolute Gasteiger partial charge is 0.327 e. The Bertz CT molecular complexity index is 275. The number of hydrogen-bond donors (Lipinski definition) is 1. The molecule has 0 saturated carbocycles. The van der Waals surface area contributed by atoms with Crippen LogP contribution in [0.25, 0.3) is 0 Å². The zero-order chi connectivity index (χ0) is 9.68. The first-order valence-electron chi connectivity index (χ1n) is 4.47. The number of pyridine rings is 1. The summed E-state index contributed by atoms with van der Waals surface area (Å²) < 4.78 is 0. The Morgan fingerprint density at radius 3 is 2.67 bits per heavy atom. The van der Waals surface area contributed by atoms with E-state index in [-0.39, 0.29) is 30.9 Å². The van der Waals surface area contributed by atoms with Crippen LogP contribution in [0.2, 0.25) is 0 Å². The predicted molar refractivity (Wildman–Crippen MR) is 69.8 cm³/mol. The van der Waals surface area contributed by atoms with Gasteiger partial charge in [-0.15, -0.1) is 31.4 Å². The van der Waals surface area contributed by atoms with Crippen LogP contribution in [0.4, 0.5) is 0 Å². The summed E-state index contributed by atoms with van der Waals surface area (Å²) in [4.78, 5) is 4.04. The number of hydrogen-bond acceptors (Lipinski definition) is 2. The monoisotopic (exact) mass is 248 g/mol. The Labute approximate surface area is 104 Å². The zero-order valence-corrected chi connectivity index (χ0v) is 10.5. The Morgan fingerprint density at radius 1 is 1.53 bits per heavy atom. The molecule has 1 heterocycles. The summed E-state index contributed by atoms with van der Waals surface area (Å²) in [6.07, 6.45) is 5.39. The molecule has 2 nitrogen and oxygen atoms in total. The second-order valence-electron chi connectivity index (χ2n) is 3.49. The number of halogens is 2. The summed E-state index contributed by atoms with van der Waals surface area (Å²) >= 11 is 0. The van der Waals surface area contributed by atoms with Crippen LogP contribution in [0.5, 0.6) is 0 Å². The van der Waals surface area contributed by atoms with Gasteiger partial charge in [-0.2, -0.15) is 0 Å². The van der Waals surface area contributed by atoms with E-state index in [1.54, 1.807) is 6.20 Å². The highest BCUT2D eigenvalue weighted by Gasteiger charge is 2.03. The Kier molecular flexibility index (Phi) is 9.79. The molecule has 2 N–H and O–H groups in total. The zero-order valence-electron chi connectivity index (χ0n) is 8.85. The van der Waals surface area contributed by atoms with Crippen LogP contribution in [0.3, 0.4) is 0 Å². The van der Waals surface area contributed by atoms with E-state index >= 15 is 0 Å². The normalized spacial score (nSPS) is 10.8. The van der Waals surface area contributed by atoms with Gasteiger partial charge in [-0.3, -0.25) is 4.98 Å². The molecular formula is C11H18Cl2N2. The average molecular weight is 249 g/mol.